The van der Waals surface area contributed by atoms with Crippen molar-refractivity contribution in [2.45, 2.75) is 38.5 Å². The van der Waals surface area contributed by atoms with Gasteiger partial charge < -0.3 is 20.4 Å². The van der Waals surface area contributed by atoms with Crippen LogP contribution in [0.15, 0.2) is 0 Å². The van der Waals surface area contributed by atoms with Gasteiger partial charge in [-0.05, 0) is 12.8 Å². The third-order valence-corrected chi connectivity index (χ3v) is 1.56. The van der Waals surface area contributed by atoms with E-state index in [0.717, 1.165) is 0 Å². The van der Waals surface area contributed by atoms with Crippen LogP contribution in [0.3, 0.4) is 0 Å². The van der Waals surface area contributed by atoms with Gasteiger partial charge in [0.15, 0.2) is 0 Å². The number of carboxylic acid groups (broad SMARTS) is 4. The summed E-state index contributed by atoms with van der Waals surface area (Å²) in [4.78, 5) is 39.2. The Morgan fingerprint density at radius 3 is 0.750 bits per heavy atom. The van der Waals surface area contributed by atoms with Gasteiger partial charge in [0, 0.05) is 64.6 Å². The second-order valence-corrected chi connectivity index (χ2v) is 3.28. The van der Waals surface area contributed by atoms with Crippen LogP contribution in [-0.2, 0) is 58.1 Å². The number of hydrogen-bond donors (Lipinski definition) is 4. The molecule has 0 amide bonds. The zero-order valence-corrected chi connectivity index (χ0v) is 17.0. The van der Waals surface area contributed by atoms with Gasteiger partial charge in [0.1, 0.15) is 0 Å². The molecule has 4 N–H and O–H groups in total. The number of hydrogen-bond acceptors (Lipinski definition) is 4. The van der Waals surface area contributed by atoms with Gasteiger partial charge in [-0.1, -0.05) is 0 Å². The normalized spacial score (nSPS) is 8.00. The zero-order chi connectivity index (χ0) is 14.6. The molecule has 0 saturated heterocycles. The van der Waals surface area contributed by atoms with Crippen LogP contribution in [0.5, 0.6) is 0 Å². The summed E-state index contributed by atoms with van der Waals surface area (Å²) >= 11 is 0. The molecule has 0 aliphatic heterocycles. The summed E-state index contributed by atoms with van der Waals surface area (Å²) in [6.45, 7) is 0. The maximum atomic E-state index is 9.79. The third-order valence-electron chi connectivity index (χ3n) is 1.56. The first kappa shape index (κ1) is 27.5. The van der Waals surface area contributed by atoms with Crippen LogP contribution >= 0.6 is 0 Å². The number of carbonyl (C=O) groups is 4. The molecule has 0 rings (SSSR count). The van der Waals surface area contributed by atoms with Crippen molar-refractivity contribution in [1.82, 2.24) is 0 Å². The minimum atomic E-state index is -0.948. The molecule has 8 nitrogen and oxygen atoms in total. The maximum absolute atomic E-state index is 9.79. The first-order valence-electron chi connectivity index (χ1n) is 5.13. The van der Waals surface area contributed by atoms with E-state index in [1.165, 1.54) is 0 Å². The first-order chi connectivity index (χ1) is 8.25. The molecule has 0 spiro atoms. The largest absolute Gasteiger partial charge is 0.481 e. The van der Waals surface area contributed by atoms with Crippen molar-refractivity contribution in [3.8, 4) is 0 Å². The molecule has 0 atom stereocenters. The molecule has 0 fully saturated rings. The minimum Gasteiger partial charge on any atom is -0.481 e. The second kappa shape index (κ2) is 18.1. The van der Waals surface area contributed by atoms with Crippen LogP contribution in [-0.4, -0.2) is 44.3 Å². The molecular weight excluding hydrogens is 379 g/mol. The topological polar surface area (TPSA) is 149 Å². The molecule has 0 aliphatic carbocycles. The molecule has 0 aromatic rings. The fourth-order valence-corrected chi connectivity index (χ4v) is 0.782. The van der Waals surface area contributed by atoms with Gasteiger partial charge in [-0.15, -0.1) is 0 Å². The summed E-state index contributed by atoms with van der Waals surface area (Å²) in [5, 5.41) is 32.1. The fourth-order valence-electron chi connectivity index (χ4n) is 0.782. The van der Waals surface area contributed by atoms with E-state index >= 15 is 0 Å². The number of aliphatic carboxylic acids is 4. The van der Waals surface area contributed by atoms with Gasteiger partial charge in [-0.2, -0.15) is 0 Å². The summed E-state index contributed by atoms with van der Waals surface area (Å²) in [6, 6.07) is 0. The van der Waals surface area contributed by atoms with Crippen LogP contribution in [0.2, 0.25) is 0 Å². The van der Waals surface area contributed by atoms with Gasteiger partial charge in [-0.25, -0.2) is 0 Å². The molecule has 0 unspecified atom stereocenters. The smallest absolute Gasteiger partial charge is 0.303 e. The van der Waals surface area contributed by atoms with Crippen LogP contribution in [0.25, 0.3) is 0 Å². The Bertz CT molecular complexity index is 248. The average molecular weight is 395 g/mol. The van der Waals surface area contributed by atoms with Crippen LogP contribution in [0, 0.1) is 0 Å². The minimum absolute atomic E-state index is 0. The van der Waals surface area contributed by atoms with Gasteiger partial charge in [-0.3, -0.25) is 19.2 Å². The van der Waals surface area contributed by atoms with Gasteiger partial charge in [0.25, 0.3) is 0 Å². The van der Waals surface area contributed by atoms with Crippen LogP contribution in [0.4, 0.5) is 0 Å². The first-order valence-corrected chi connectivity index (χ1v) is 5.13. The van der Waals surface area contributed by atoms with Crippen LogP contribution in [0.1, 0.15) is 38.5 Å². The molecule has 0 saturated carbocycles. The Kier molecular flexibility index (Phi) is 24.9. The molecular formula is C10H16O8Zn2. The van der Waals surface area contributed by atoms with E-state index in [-0.39, 0.29) is 77.5 Å². The average Bonchev–Trinajstić information content (AvgIpc) is 2.15. The van der Waals surface area contributed by atoms with Gasteiger partial charge >= 0.3 is 23.9 Å². The maximum Gasteiger partial charge on any atom is 0.303 e. The van der Waals surface area contributed by atoms with E-state index in [9.17, 15) is 19.2 Å². The van der Waals surface area contributed by atoms with Crippen LogP contribution < -0.4 is 0 Å². The predicted molar refractivity (Wildman–Crippen MR) is 58.2 cm³/mol. The predicted octanol–water partition coefficient (Wildman–Crippen LogP) is 0.647. The Morgan fingerprint density at radius 1 is 0.500 bits per heavy atom. The van der Waals surface area contributed by atoms with E-state index < -0.39 is 23.9 Å². The van der Waals surface area contributed by atoms with E-state index in [1.54, 1.807) is 0 Å². The van der Waals surface area contributed by atoms with Crippen molar-refractivity contribution in [1.29, 1.82) is 0 Å². The molecule has 0 aliphatic rings. The molecule has 10 heteroatoms. The fraction of sp³-hybridized carbons (Fsp3) is 0.600. The van der Waals surface area contributed by atoms with E-state index in [4.69, 9.17) is 20.4 Å². The summed E-state index contributed by atoms with van der Waals surface area (Å²) in [6.07, 6.45) is 0.173. The van der Waals surface area contributed by atoms with Crippen molar-refractivity contribution in [3.63, 3.8) is 0 Å². The quantitative estimate of drug-likeness (QED) is 0.438. The molecule has 0 aromatic heterocycles. The van der Waals surface area contributed by atoms with Gasteiger partial charge in [0.2, 0.25) is 0 Å². The number of rotatable bonds is 8. The molecule has 108 valence electrons. The third kappa shape index (κ3) is 36.0. The Morgan fingerprint density at radius 2 is 0.650 bits per heavy atom. The zero-order valence-electron chi connectivity index (χ0n) is 11.1. The molecule has 0 aromatic carbocycles. The van der Waals surface area contributed by atoms with Crippen molar-refractivity contribution >= 4 is 23.9 Å². The van der Waals surface area contributed by atoms with E-state index in [1.807, 2.05) is 0 Å². The molecule has 20 heavy (non-hydrogen) atoms. The Balaban J connectivity index is -0.000000116. The number of carboxylic acids is 4. The summed E-state index contributed by atoms with van der Waals surface area (Å²) in [5.74, 6) is -3.79. The SMILES string of the molecule is O=C(O)CCCC(=O)O.O=C(O)CCCC(=O)O.[Zn].[Zn]. The van der Waals surface area contributed by atoms with E-state index in [0.29, 0.717) is 0 Å². The van der Waals surface area contributed by atoms with Crippen molar-refractivity contribution in [2.24, 2.45) is 0 Å². The summed E-state index contributed by atoms with van der Waals surface area (Å²) in [5.41, 5.74) is 0. The molecule has 0 heterocycles. The standard InChI is InChI=1S/2C5H8O4.2Zn/c2*6-4(7)2-1-3-5(8)9;;/h2*1-3H2,(H,6,7)(H,8,9);;. The van der Waals surface area contributed by atoms with Crippen molar-refractivity contribution in [3.05, 3.63) is 0 Å². The summed E-state index contributed by atoms with van der Waals surface area (Å²) in [7, 11) is 0. The molecule has 0 radical (unpaired) electrons. The monoisotopic (exact) mass is 392 g/mol. The van der Waals surface area contributed by atoms with Crippen molar-refractivity contribution < 1.29 is 78.6 Å². The molecule has 0 bridgehead atoms. The Labute approximate surface area is 141 Å². The van der Waals surface area contributed by atoms with E-state index in [2.05, 4.69) is 0 Å². The summed E-state index contributed by atoms with van der Waals surface area (Å²) < 4.78 is 0. The van der Waals surface area contributed by atoms with Crippen molar-refractivity contribution in [2.75, 3.05) is 0 Å². The Hall–Kier alpha value is -0.873. The second-order valence-electron chi connectivity index (χ2n) is 3.28. The van der Waals surface area contributed by atoms with Gasteiger partial charge in [0.05, 0.1) is 0 Å².